The molecule has 0 spiro atoms. The molecular formula is C14H17BrN2O3. The maximum Gasteiger partial charge on any atom is 0.245 e. The van der Waals surface area contributed by atoms with E-state index in [1.165, 1.54) is 0 Å². The zero-order valence-electron chi connectivity index (χ0n) is 11.3. The van der Waals surface area contributed by atoms with Gasteiger partial charge < -0.3 is 9.47 Å². The minimum absolute atomic E-state index is 0.130. The second kappa shape index (κ2) is 6.97. The largest absolute Gasteiger partial charge is 0.350 e. The Kier molecular flexibility index (Phi) is 5.28. The number of hydrogen-bond acceptors (Lipinski definition) is 4. The third-order valence-corrected chi connectivity index (χ3v) is 3.39. The summed E-state index contributed by atoms with van der Waals surface area (Å²) in [6.07, 6.45) is 2.58. The van der Waals surface area contributed by atoms with Gasteiger partial charge in [-0.2, -0.15) is 5.10 Å². The fourth-order valence-electron chi connectivity index (χ4n) is 1.84. The standard InChI is InChI=1S/C14H17BrN2O3/c1-14(19-7-2-8-20-14)9-13(18)17-16-10-11-3-5-12(15)6-4-11/h3-6,10H,2,7-9H2,1H3,(H,17,18)/b16-10-. The molecule has 1 aromatic rings. The second-order valence-electron chi connectivity index (χ2n) is 4.71. The molecule has 1 amide bonds. The van der Waals surface area contributed by atoms with Crippen molar-refractivity contribution in [2.24, 2.45) is 5.10 Å². The van der Waals surface area contributed by atoms with Crippen LogP contribution in [0.15, 0.2) is 33.8 Å². The molecule has 1 aromatic carbocycles. The van der Waals surface area contributed by atoms with Crippen LogP contribution in [-0.4, -0.2) is 31.1 Å². The smallest absolute Gasteiger partial charge is 0.245 e. The van der Waals surface area contributed by atoms with Crippen LogP contribution in [0, 0.1) is 0 Å². The molecule has 0 atom stereocenters. The first kappa shape index (κ1) is 15.2. The molecule has 6 heteroatoms. The number of amides is 1. The Balaban J connectivity index is 1.81. The predicted octanol–water partition coefficient (Wildman–Crippen LogP) is 2.44. The number of halogens is 1. The predicted molar refractivity (Wildman–Crippen MR) is 79.4 cm³/mol. The first-order chi connectivity index (χ1) is 9.57. The van der Waals surface area contributed by atoms with Gasteiger partial charge in [0.1, 0.15) is 0 Å². The number of rotatable bonds is 4. The first-order valence-electron chi connectivity index (χ1n) is 6.43. The van der Waals surface area contributed by atoms with E-state index in [2.05, 4.69) is 26.5 Å². The summed E-state index contributed by atoms with van der Waals surface area (Å²) in [5, 5.41) is 3.92. The molecule has 0 unspecified atom stereocenters. The van der Waals surface area contributed by atoms with Crippen LogP contribution in [0.5, 0.6) is 0 Å². The third-order valence-electron chi connectivity index (χ3n) is 2.86. The zero-order valence-corrected chi connectivity index (χ0v) is 12.9. The van der Waals surface area contributed by atoms with Gasteiger partial charge in [0.25, 0.3) is 0 Å². The molecular weight excluding hydrogens is 324 g/mol. The average molecular weight is 341 g/mol. The van der Waals surface area contributed by atoms with Crippen LogP contribution in [0.2, 0.25) is 0 Å². The Morgan fingerprint density at radius 1 is 1.40 bits per heavy atom. The van der Waals surface area contributed by atoms with E-state index in [0.717, 1.165) is 16.5 Å². The number of nitrogens with zero attached hydrogens (tertiary/aromatic N) is 1. The Bertz CT molecular complexity index is 482. The van der Waals surface area contributed by atoms with Crippen LogP contribution in [0.25, 0.3) is 0 Å². The molecule has 1 saturated heterocycles. The number of ether oxygens (including phenoxy) is 2. The van der Waals surface area contributed by atoms with Crippen LogP contribution in [0.1, 0.15) is 25.3 Å². The van der Waals surface area contributed by atoms with Crippen LogP contribution < -0.4 is 5.43 Å². The van der Waals surface area contributed by atoms with Crippen molar-refractivity contribution in [3.05, 3.63) is 34.3 Å². The summed E-state index contributed by atoms with van der Waals surface area (Å²) in [7, 11) is 0. The van der Waals surface area contributed by atoms with E-state index in [4.69, 9.17) is 9.47 Å². The molecule has 2 rings (SSSR count). The molecule has 5 nitrogen and oxygen atoms in total. The van der Waals surface area contributed by atoms with Gasteiger partial charge in [-0.15, -0.1) is 0 Å². The number of carbonyl (C=O) groups is 1. The number of hydrogen-bond donors (Lipinski definition) is 1. The Labute approximate surface area is 126 Å². The molecule has 0 aliphatic carbocycles. The Morgan fingerprint density at radius 3 is 2.70 bits per heavy atom. The molecule has 1 heterocycles. The molecule has 1 aliphatic heterocycles. The van der Waals surface area contributed by atoms with Crippen LogP contribution >= 0.6 is 15.9 Å². The van der Waals surface area contributed by atoms with E-state index >= 15 is 0 Å². The topological polar surface area (TPSA) is 59.9 Å². The summed E-state index contributed by atoms with van der Waals surface area (Å²) < 4.78 is 11.9. The quantitative estimate of drug-likeness (QED) is 0.676. The van der Waals surface area contributed by atoms with Crippen molar-refractivity contribution in [2.75, 3.05) is 13.2 Å². The molecule has 0 bridgehead atoms. The lowest BCUT2D eigenvalue weighted by molar-refractivity contribution is -0.256. The molecule has 1 N–H and O–H groups in total. The lowest BCUT2D eigenvalue weighted by Gasteiger charge is -2.33. The monoisotopic (exact) mass is 340 g/mol. The van der Waals surface area contributed by atoms with Gasteiger partial charge in [0, 0.05) is 4.47 Å². The van der Waals surface area contributed by atoms with Crippen molar-refractivity contribution in [3.8, 4) is 0 Å². The summed E-state index contributed by atoms with van der Waals surface area (Å²) in [6.45, 7) is 3.00. The number of carbonyl (C=O) groups excluding carboxylic acids is 1. The molecule has 0 radical (unpaired) electrons. The van der Waals surface area contributed by atoms with Crippen LogP contribution in [0.3, 0.4) is 0 Å². The molecule has 0 saturated carbocycles. The number of hydrazone groups is 1. The summed E-state index contributed by atoms with van der Waals surface area (Å²) in [4.78, 5) is 11.8. The zero-order chi connectivity index (χ0) is 14.4. The van der Waals surface area contributed by atoms with Gasteiger partial charge in [-0.05, 0) is 31.0 Å². The first-order valence-corrected chi connectivity index (χ1v) is 7.22. The number of benzene rings is 1. The average Bonchev–Trinajstić information content (AvgIpc) is 2.41. The fraction of sp³-hybridized carbons (Fsp3) is 0.429. The highest BCUT2D eigenvalue weighted by Crippen LogP contribution is 2.21. The minimum Gasteiger partial charge on any atom is -0.350 e. The van der Waals surface area contributed by atoms with Gasteiger partial charge in [-0.25, -0.2) is 5.43 Å². The normalized spacial score (nSPS) is 18.1. The van der Waals surface area contributed by atoms with Crippen molar-refractivity contribution in [2.45, 2.75) is 25.6 Å². The lowest BCUT2D eigenvalue weighted by Crippen LogP contribution is -2.41. The van der Waals surface area contributed by atoms with Gasteiger partial charge >= 0.3 is 0 Å². The van der Waals surface area contributed by atoms with Gasteiger partial charge in [0.05, 0.1) is 25.8 Å². The van der Waals surface area contributed by atoms with Crippen molar-refractivity contribution >= 4 is 28.1 Å². The maximum absolute atomic E-state index is 11.8. The van der Waals surface area contributed by atoms with E-state index in [0.29, 0.717) is 13.2 Å². The van der Waals surface area contributed by atoms with E-state index < -0.39 is 5.79 Å². The molecule has 0 aromatic heterocycles. The molecule has 20 heavy (non-hydrogen) atoms. The maximum atomic E-state index is 11.8. The Morgan fingerprint density at radius 2 is 2.05 bits per heavy atom. The van der Waals surface area contributed by atoms with Crippen LogP contribution in [0.4, 0.5) is 0 Å². The minimum atomic E-state index is -0.838. The summed E-state index contributed by atoms with van der Waals surface area (Å²) in [5.41, 5.74) is 3.38. The second-order valence-corrected chi connectivity index (χ2v) is 5.62. The Hall–Kier alpha value is -1.24. The van der Waals surface area contributed by atoms with Gasteiger partial charge in [0.15, 0.2) is 5.79 Å². The summed E-state index contributed by atoms with van der Waals surface area (Å²) in [5.74, 6) is -1.07. The molecule has 108 valence electrons. The van der Waals surface area contributed by atoms with Gasteiger partial charge in [0.2, 0.25) is 5.91 Å². The van der Waals surface area contributed by atoms with Crippen molar-refractivity contribution < 1.29 is 14.3 Å². The third kappa shape index (κ3) is 4.70. The fourth-order valence-corrected chi connectivity index (χ4v) is 2.10. The van der Waals surface area contributed by atoms with E-state index in [-0.39, 0.29) is 12.3 Å². The van der Waals surface area contributed by atoms with Gasteiger partial charge in [-0.3, -0.25) is 4.79 Å². The summed E-state index contributed by atoms with van der Waals surface area (Å²) in [6, 6.07) is 7.62. The lowest BCUT2D eigenvalue weighted by atomic mass is 10.2. The van der Waals surface area contributed by atoms with Gasteiger partial charge in [-0.1, -0.05) is 28.1 Å². The highest BCUT2D eigenvalue weighted by molar-refractivity contribution is 9.10. The van der Waals surface area contributed by atoms with Crippen LogP contribution in [-0.2, 0) is 14.3 Å². The van der Waals surface area contributed by atoms with Crippen molar-refractivity contribution in [3.63, 3.8) is 0 Å². The summed E-state index contributed by atoms with van der Waals surface area (Å²) >= 11 is 3.36. The van der Waals surface area contributed by atoms with Crippen molar-refractivity contribution in [1.82, 2.24) is 5.43 Å². The highest BCUT2D eigenvalue weighted by atomic mass is 79.9. The van der Waals surface area contributed by atoms with Crippen molar-refractivity contribution in [1.29, 1.82) is 0 Å². The molecule has 1 aliphatic rings. The number of nitrogens with one attached hydrogen (secondary N) is 1. The van der Waals surface area contributed by atoms with E-state index in [1.54, 1.807) is 13.1 Å². The molecule has 1 fully saturated rings. The SMILES string of the molecule is CC1(CC(=O)N/N=C\c2ccc(Br)cc2)OCCCO1. The van der Waals surface area contributed by atoms with E-state index in [9.17, 15) is 4.79 Å². The highest BCUT2D eigenvalue weighted by Gasteiger charge is 2.31. The van der Waals surface area contributed by atoms with E-state index in [1.807, 2.05) is 24.3 Å².